The van der Waals surface area contributed by atoms with Gasteiger partial charge in [-0.1, -0.05) is 81.4 Å². The fraction of sp³-hybridized carbons (Fsp3) is 0.500. The van der Waals surface area contributed by atoms with Gasteiger partial charge in [0, 0.05) is 6.61 Å². The lowest BCUT2D eigenvalue weighted by Crippen LogP contribution is -2.66. The van der Waals surface area contributed by atoms with E-state index in [9.17, 15) is 9.90 Å². The van der Waals surface area contributed by atoms with Gasteiger partial charge in [0.05, 0.1) is 12.6 Å². The average Bonchev–Trinajstić information content (AvgIpc) is 2.72. The van der Waals surface area contributed by atoms with Crippen LogP contribution in [0.1, 0.15) is 54.4 Å². The number of carbonyl (C=O) groups excluding carboxylic acids is 1. The fourth-order valence-corrected chi connectivity index (χ4v) is 8.61. The van der Waals surface area contributed by atoms with Crippen molar-refractivity contribution in [2.24, 2.45) is 0 Å². The van der Waals surface area contributed by atoms with Gasteiger partial charge in [-0.05, 0) is 49.0 Å². The van der Waals surface area contributed by atoms with Gasteiger partial charge in [0.25, 0.3) is 8.32 Å². The standard InChI is InChI=1S/C26H39NO4Si/c1-25(2,3)31-24(29)27-21(20-28)14-13-19-30-32(26(4,5)6,22-15-9-7-10-16-22)23-17-11-8-12-18-23/h7-12,15-18,21,28H,13-14,19-20H2,1-6H3,(H,27,29)/t21-/m0/s1. The van der Waals surface area contributed by atoms with Crippen LogP contribution in [0.2, 0.25) is 5.04 Å². The highest BCUT2D eigenvalue weighted by molar-refractivity contribution is 6.99. The lowest BCUT2D eigenvalue weighted by molar-refractivity contribution is 0.0476. The lowest BCUT2D eigenvalue weighted by atomic mass is 10.2. The molecule has 0 aromatic heterocycles. The molecule has 1 atom stereocenters. The van der Waals surface area contributed by atoms with Crippen LogP contribution >= 0.6 is 0 Å². The van der Waals surface area contributed by atoms with Crippen molar-refractivity contribution in [3.05, 3.63) is 60.7 Å². The number of benzene rings is 2. The smallest absolute Gasteiger partial charge is 0.407 e. The third-order valence-corrected chi connectivity index (χ3v) is 10.4. The largest absolute Gasteiger partial charge is 0.444 e. The fourth-order valence-electron chi connectivity index (χ4n) is 4.00. The Morgan fingerprint density at radius 3 is 1.84 bits per heavy atom. The van der Waals surface area contributed by atoms with Gasteiger partial charge in [-0.2, -0.15) is 0 Å². The van der Waals surface area contributed by atoms with Crippen LogP contribution < -0.4 is 15.7 Å². The molecule has 0 fully saturated rings. The number of rotatable bonds is 9. The molecule has 2 rings (SSSR count). The number of aliphatic hydroxyl groups is 1. The Bertz CT molecular complexity index is 789. The summed E-state index contributed by atoms with van der Waals surface area (Å²) in [6.45, 7) is 12.6. The molecule has 0 saturated heterocycles. The van der Waals surface area contributed by atoms with E-state index in [4.69, 9.17) is 9.16 Å². The second kappa shape index (κ2) is 11.1. The van der Waals surface area contributed by atoms with Crippen LogP contribution in [0.4, 0.5) is 4.79 Å². The second-order valence-corrected chi connectivity index (χ2v) is 14.5. The molecular weight excluding hydrogens is 418 g/mol. The summed E-state index contributed by atoms with van der Waals surface area (Å²) in [5, 5.41) is 14.9. The first-order valence-corrected chi connectivity index (χ1v) is 13.3. The van der Waals surface area contributed by atoms with Crippen LogP contribution in [-0.4, -0.2) is 44.4 Å². The monoisotopic (exact) mass is 457 g/mol. The Kier molecular flexibility index (Phi) is 9.07. The number of nitrogens with one attached hydrogen (secondary N) is 1. The molecule has 0 saturated carbocycles. The number of amides is 1. The van der Waals surface area contributed by atoms with Crippen molar-refractivity contribution in [1.82, 2.24) is 5.32 Å². The minimum absolute atomic E-state index is 0.0825. The van der Waals surface area contributed by atoms with Crippen LogP contribution in [0.25, 0.3) is 0 Å². The van der Waals surface area contributed by atoms with Crippen molar-refractivity contribution in [3.8, 4) is 0 Å². The van der Waals surface area contributed by atoms with E-state index in [0.717, 1.165) is 0 Å². The molecule has 0 heterocycles. The maximum absolute atomic E-state index is 12.1. The predicted molar refractivity (Wildman–Crippen MR) is 133 cm³/mol. The number of aliphatic hydroxyl groups excluding tert-OH is 1. The highest BCUT2D eigenvalue weighted by Crippen LogP contribution is 2.36. The van der Waals surface area contributed by atoms with Gasteiger partial charge < -0.3 is 19.6 Å². The van der Waals surface area contributed by atoms with E-state index in [0.29, 0.717) is 19.4 Å². The molecule has 2 aromatic carbocycles. The molecule has 2 aromatic rings. The average molecular weight is 458 g/mol. The van der Waals surface area contributed by atoms with Gasteiger partial charge in [-0.3, -0.25) is 0 Å². The molecule has 0 unspecified atom stereocenters. The van der Waals surface area contributed by atoms with Gasteiger partial charge in [0.15, 0.2) is 0 Å². The maximum atomic E-state index is 12.1. The van der Waals surface area contributed by atoms with Crippen LogP contribution in [0, 0.1) is 0 Å². The zero-order valence-corrected chi connectivity index (χ0v) is 21.4. The summed E-state index contributed by atoms with van der Waals surface area (Å²) in [4.78, 5) is 12.1. The second-order valence-electron chi connectivity index (χ2n) is 10.2. The topological polar surface area (TPSA) is 67.8 Å². The van der Waals surface area contributed by atoms with Gasteiger partial charge in [-0.15, -0.1) is 0 Å². The summed E-state index contributed by atoms with van der Waals surface area (Å²) in [6.07, 6.45) is 0.809. The Morgan fingerprint density at radius 2 is 1.44 bits per heavy atom. The minimum atomic E-state index is -2.57. The van der Waals surface area contributed by atoms with E-state index in [-0.39, 0.29) is 17.7 Å². The Hall–Kier alpha value is -2.15. The quantitative estimate of drug-likeness (QED) is 0.437. The third-order valence-electron chi connectivity index (χ3n) is 5.37. The maximum Gasteiger partial charge on any atom is 0.407 e. The normalized spacial score (nSPS) is 13.5. The third kappa shape index (κ3) is 6.92. The molecule has 0 spiro atoms. The Morgan fingerprint density at radius 1 is 0.938 bits per heavy atom. The molecule has 1 amide bonds. The zero-order chi connectivity index (χ0) is 23.8. The summed E-state index contributed by atoms with van der Waals surface area (Å²) < 4.78 is 12.2. The van der Waals surface area contributed by atoms with Gasteiger partial charge in [-0.25, -0.2) is 4.79 Å². The lowest BCUT2D eigenvalue weighted by Gasteiger charge is -2.43. The molecule has 0 bridgehead atoms. The van der Waals surface area contributed by atoms with E-state index in [1.807, 2.05) is 32.9 Å². The summed E-state index contributed by atoms with van der Waals surface area (Å²) in [7, 11) is -2.57. The number of hydrogen-bond acceptors (Lipinski definition) is 4. The predicted octanol–water partition coefficient (Wildman–Crippen LogP) is 4.23. The van der Waals surface area contributed by atoms with Crippen LogP contribution in [0.15, 0.2) is 60.7 Å². The first-order valence-electron chi connectivity index (χ1n) is 11.3. The highest BCUT2D eigenvalue weighted by Gasteiger charge is 2.49. The molecule has 2 N–H and O–H groups in total. The van der Waals surface area contributed by atoms with Gasteiger partial charge >= 0.3 is 6.09 Å². The first kappa shape index (κ1) is 26.1. The molecule has 0 aliphatic heterocycles. The molecule has 5 nitrogen and oxygen atoms in total. The van der Waals surface area contributed by atoms with Crippen molar-refractivity contribution in [1.29, 1.82) is 0 Å². The molecule has 6 heteroatoms. The van der Waals surface area contributed by atoms with Crippen molar-refractivity contribution in [2.75, 3.05) is 13.2 Å². The van der Waals surface area contributed by atoms with E-state index in [2.05, 4.69) is 74.6 Å². The summed E-state index contributed by atoms with van der Waals surface area (Å²) in [5.74, 6) is 0. The summed E-state index contributed by atoms with van der Waals surface area (Å²) in [5.41, 5.74) is -0.573. The number of ether oxygens (including phenoxy) is 1. The minimum Gasteiger partial charge on any atom is -0.444 e. The van der Waals surface area contributed by atoms with Crippen molar-refractivity contribution in [2.45, 2.75) is 71.1 Å². The summed E-state index contributed by atoms with van der Waals surface area (Å²) >= 11 is 0. The number of carbonyl (C=O) groups is 1. The molecular formula is C26H39NO4Si. The molecule has 0 aliphatic carbocycles. The summed E-state index contributed by atoms with van der Waals surface area (Å²) in [6, 6.07) is 20.7. The Balaban J connectivity index is 2.15. The molecule has 0 aliphatic rings. The Labute approximate surface area is 194 Å². The SMILES string of the molecule is CC(C)(C)OC(=O)N[C@H](CO)CCCO[Si](c1ccccc1)(c1ccccc1)C(C)(C)C. The van der Waals surface area contributed by atoms with Gasteiger partial charge in [0.1, 0.15) is 5.60 Å². The number of alkyl carbamates (subject to hydrolysis) is 1. The number of hydrogen-bond donors (Lipinski definition) is 2. The molecule has 176 valence electrons. The van der Waals surface area contributed by atoms with Crippen LogP contribution in [-0.2, 0) is 9.16 Å². The van der Waals surface area contributed by atoms with E-state index in [1.54, 1.807) is 0 Å². The van der Waals surface area contributed by atoms with Crippen molar-refractivity contribution >= 4 is 24.8 Å². The highest BCUT2D eigenvalue weighted by atomic mass is 28.4. The van der Waals surface area contributed by atoms with Crippen molar-refractivity contribution < 1.29 is 19.1 Å². The van der Waals surface area contributed by atoms with Crippen LogP contribution in [0.5, 0.6) is 0 Å². The van der Waals surface area contributed by atoms with E-state index >= 15 is 0 Å². The first-order chi connectivity index (χ1) is 15.0. The molecule has 0 radical (unpaired) electrons. The molecule has 32 heavy (non-hydrogen) atoms. The van der Waals surface area contributed by atoms with E-state index in [1.165, 1.54) is 10.4 Å². The van der Waals surface area contributed by atoms with E-state index < -0.39 is 20.0 Å². The zero-order valence-electron chi connectivity index (χ0n) is 20.4. The van der Waals surface area contributed by atoms with Crippen molar-refractivity contribution in [3.63, 3.8) is 0 Å². The van der Waals surface area contributed by atoms with Gasteiger partial charge in [0.2, 0.25) is 0 Å². The van der Waals surface area contributed by atoms with Crippen LogP contribution in [0.3, 0.4) is 0 Å².